The highest BCUT2D eigenvalue weighted by Gasteiger charge is 2.11. The van der Waals surface area contributed by atoms with Gasteiger partial charge in [0.05, 0.1) is 23.0 Å². The third kappa shape index (κ3) is 3.38. The Balaban J connectivity index is 1.71. The SMILES string of the molecule is Cc1ccncc1-c1cc(Cl)c2nnc(Nc3cnn(C(C)C#N)c3)cc2c1. The molecular formula is C20H16ClN7. The second kappa shape index (κ2) is 7.25. The van der Waals surface area contributed by atoms with Crippen molar-refractivity contribution in [2.75, 3.05) is 5.32 Å². The van der Waals surface area contributed by atoms with Crippen molar-refractivity contribution in [3.05, 3.63) is 59.6 Å². The molecule has 1 aromatic carbocycles. The van der Waals surface area contributed by atoms with Gasteiger partial charge in [-0.2, -0.15) is 10.4 Å². The molecule has 0 radical (unpaired) electrons. The van der Waals surface area contributed by atoms with Gasteiger partial charge in [-0.15, -0.1) is 10.2 Å². The van der Waals surface area contributed by atoms with E-state index in [1.165, 1.54) is 0 Å². The Morgan fingerprint density at radius 2 is 2.07 bits per heavy atom. The highest BCUT2D eigenvalue weighted by Crippen LogP contribution is 2.31. The van der Waals surface area contributed by atoms with E-state index in [1.807, 2.05) is 37.4 Å². The molecule has 0 bridgehead atoms. The van der Waals surface area contributed by atoms with Crippen LogP contribution in [0.3, 0.4) is 0 Å². The predicted octanol–water partition coefficient (Wildman–Crippen LogP) is 4.68. The molecule has 0 saturated heterocycles. The molecule has 0 saturated carbocycles. The molecular weight excluding hydrogens is 374 g/mol. The van der Waals surface area contributed by atoms with E-state index in [4.69, 9.17) is 16.9 Å². The summed E-state index contributed by atoms with van der Waals surface area (Å²) in [6.45, 7) is 3.81. The average Bonchev–Trinajstić information content (AvgIpc) is 3.16. The molecule has 0 spiro atoms. The number of aromatic nitrogens is 5. The van der Waals surface area contributed by atoms with E-state index in [-0.39, 0.29) is 6.04 Å². The Morgan fingerprint density at radius 1 is 1.21 bits per heavy atom. The van der Waals surface area contributed by atoms with E-state index in [1.54, 1.807) is 30.2 Å². The number of hydrogen-bond acceptors (Lipinski definition) is 6. The number of benzene rings is 1. The van der Waals surface area contributed by atoms with Crippen LogP contribution >= 0.6 is 11.6 Å². The van der Waals surface area contributed by atoms with Gasteiger partial charge in [0.1, 0.15) is 11.6 Å². The number of halogens is 1. The van der Waals surface area contributed by atoms with Crippen LogP contribution in [-0.4, -0.2) is 25.0 Å². The summed E-state index contributed by atoms with van der Waals surface area (Å²) in [4.78, 5) is 4.21. The van der Waals surface area contributed by atoms with E-state index in [0.29, 0.717) is 16.4 Å². The maximum Gasteiger partial charge on any atom is 0.153 e. The molecule has 4 rings (SSSR count). The molecule has 1 N–H and O–H groups in total. The van der Waals surface area contributed by atoms with Crippen molar-refractivity contribution in [1.82, 2.24) is 25.0 Å². The van der Waals surface area contributed by atoms with Crippen LogP contribution < -0.4 is 5.32 Å². The van der Waals surface area contributed by atoms with Crippen LogP contribution in [0.2, 0.25) is 5.02 Å². The lowest BCUT2D eigenvalue weighted by atomic mass is 10.0. The Bertz CT molecular complexity index is 1210. The van der Waals surface area contributed by atoms with Gasteiger partial charge in [-0.1, -0.05) is 11.6 Å². The summed E-state index contributed by atoms with van der Waals surface area (Å²) in [5.41, 5.74) is 4.46. The highest BCUT2D eigenvalue weighted by atomic mass is 35.5. The van der Waals surface area contributed by atoms with Gasteiger partial charge in [-0.05, 0) is 49.2 Å². The van der Waals surface area contributed by atoms with Crippen LogP contribution in [0.15, 0.2) is 49.1 Å². The Kier molecular flexibility index (Phi) is 4.63. The summed E-state index contributed by atoms with van der Waals surface area (Å²) in [6, 6.07) is 9.54. The quantitative estimate of drug-likeness (QED) is 0.544. The van der Waals surface area contributed by atoms with E-state index in [9.17, 15) is 0 Å². The van der Waals surface area contributed by atoms with Crippen molar-refractivity contribution in [3.63, 3.8) is 0 Å². The monoisotopic (exact) mass is 389 g/mol. The van der Waals surface area contributed by atoms with Crippen LogP contribution in [0.25, 0.3) is 22.0 Å². The second-order valence-electron chi connectivity index (χ2n) is 6.46. The summed E-state index contributed by atoms with van der Waals surface area (Å²) < 4.78 is 1.58. The average molecular weight is 390 g/mol. The first-order chi connectivity index (χ1) is 13.5. The van der Waals surface area contributed by atoms with E-state index in [0.717, 1.165) is 27.8 Å². The zero-order valence-corrected chi connectivity index (χ0v) is 16.0. The fourth-order valence-corrected chi connectivity index (χ4v) is 3.18. The summed E-state index contributed by atoms with van der Waals surface area (Å²) >= 11 is 6.44. The van der Waals surface area contributed by atoms with Crippen molar-refractivity contribution in [2.24, 2.45) is 0 Å². The summed E-state index contributed by atoms with van der Waals surface area (Å²) in [6.07, 6.45) is 6.98. The number of nitrogens with zero attached hydrogens (tertiary/aromatic N) is 6. The lowest BCUT2D eigenvalue weighted by molar-refractivity contribution is 0.591. The Labute approximate surface area is 166 Å². The molecule has 28 heavy (non-hydrogen) atoms. The van der Waals surface area contributed by atoms with Gasteiger partial charge in [0.25, 0.3) is 0 Å². The molecule has 4 aromatic rings. The van der Waals surface area contributed by atoms with Crippen LogP contribution in [0.1, 0.15) is 18.5 Å². The minimum absolute atomic E-state index is 0.345. The van der Waals surface area contributed by atoms with Crippen LogP contribution in [0.4, 0.5) is 11.5 Å². The molecule has 7 nitrogen and oxygen atoms in total. The zero-order valence-electron chi connectivity index (χ0n) is 15.3. The van der Waals surface area contributed by atoms with Crippen LogP contribution in [-0.2, 0) is 0 Å². The van der Waals surface area contributed by atoms with Gasteiger partial charge in [-0.25, -0.2) is 0 Å². The summed E-state index contributed by atoms with van der Waals surface area (Å²) in [5, 5.41) is 26.2. The fourth-order valence-electron chi connectivity index (χ4n) is 2.92. The van der Waals surface area contributed by atoms with Gasteiger partial charge in [0.15, 0.2) is 5.82 Å². The molecule has 1 unspecified atom stereocenters. The molecule has 0 fully saturated rings. The van der Waals surface area contributed by atoms with E-state index < -0.39 is 0 Å². The number of rotatable bonds is 4. The number of hydrogen-bond donors (Lipinski definition) is 1. The molecule has 3 heterocycles. The zero-order chi connectivity index (χ0) is 19.7. The molecule has 0 aliphatic heterocycles. The summed E-state index contributed by atoms with van der Waals surface area (Å²) in [5.74, 6) is 0.563. The van der Waals surface area contributed by atoms with Gasteiger partial charge >= 0.3 is 0 Å². The van der Waals surface area contributed by atoms with Crippen LogP contribution in [0.5, 0.6) is 0 Å². The number of pyridine rings is 1. The molecule has 3 aromatic heterocycles. The van der Waals surface area contributed by atoms with Crippen molar-refractivity contribution < 1.29 is 0 Å². The maximum atomic E-state index is 9.00. The normalized spacial score (nSPS) is 11.9. The first-order valence-corrected chi connectivity index (χ1v) is 9.01. The Hall–Kier alpha value is -3.50. The number of fused-ring (bicyclic) bond motifs is 1. The molecule has 0 amide bonds. The van der Waals surface area contributed by atoms with Crippen molar-refractivity contribution in [1.29, 1.82) is 5.26 Å². The van der Waals surface area contributed by atoms with Crippen molar-refractivity contribution in [2.45, 2.75) is 19.9 Å². The standard InChI is InChI=1S/C20H16ClN7/c1-12-3-4-23-10-17(12)14-5-15-7-19(26-27-20(15)18(21)6-14)25-16-9-24-28(11-16)13(2)8-22/h3-7,9-11,13H,1-2H3,(H,25,26). The number of anilines is 2. The van der Waals surface area contributed by atoms with E-state index >= 15 is 0 Å². The molecule has 1 atom stereocenters. The fraction of sp³-hybridized carbons (Fsp3) is 0.150. The van der Waals surface area contributed by atoms with Gasteiger partial charge in [0.2, 0.25) is 0 Å². The highest BCUT2D eigenvalue weighted by molar-refractivity contribution is 6.35. The van der Waals surface area contributed by atoms with Crippen molar-refractivity contribution >= 4 is 34.0 Å². The minimum atomic E-state index is -0.345. The lowest BCUT2D eigenvalue weighted by Crippen LogP contribution is -2.02. The smallest absolute Gasteiger partial charge is 0.153 e. The lowest BCUT2D eigenvalue weighted by Gasteiger charge is -2.09. The van der Waals surface area contributed by atoms with Crippen molar-refractivity contribution in [3.8, 4) is 17.2 Å². The molecule has 138 valence electrons. The third-order valence-electron chi connectivity index (χ3n) is 4.45. The molecule has 0 aliphatic carbocycles. The maximum absolute atomic E-state index is 9.00. The first-order valence-electron chi connectivity index (χ1n) is 8.64. The molecule has 8 heteroatoms. The molecule has 0 aliphatic rings. The van der Waals surface area contributed by atoms with Gasteiger partial charge < -0.3 is 5.32 Å². The minimum Gasteiger partial charge on any atom is -0.336 e. The third-order valence-corrected chi connectivity index (χ3v) is 4.74. The van der Waals surface area contributed by atoms with Gasteiger partial charge in [0, 0.05) is 29.5 Å². The summed E-state index contributed by atoms with van der Waals surface area (Å²) in [7, 11) is 0. The number of nitrogens with one attached hydrogen (secondary N) is 1. The first kappa shape index (κ1) is 17.9. The largest absolute Gasteiger partial charge is 0.336 e. The second-order valence-corrected chi connectivity index (χ2v) is 6.86. The topological polar surface area (TPSA) is 92.3 Å². The Morgan fingerprint density at radius 3 is 2.86 bits per heavy atom. The van der Waals surface area contributed by atoms with Crippen LogP contribution in [0, 0.1) is 18.3 Å². The number of nitriles is 1. The van der Waals surface area contributed by atoms with Gasteiger partial charge in [-0.3, -0.25) is 9.67 Å². The predicted molar refractivity (Wildman–Crippen MR) is 108 cm³/mol. The number of aryl methyl sites for hydroxylation is 1. The van der Waals surface area contributed by atoms with E-state index in [2.05, 4.69) is 31.7 Å².